The number of rotatable bonds is 17. The Labute approximate surface area is 294 Å². The van der Waals surface area contributed by atoms with Gasteiger partial charge < -0.3 is 30.7 Å². The summed E-state index contributed by atoms with van der Waals surface area (Å²) in [6.45, 7) is 6.36. The van der Waals surface area contributed by atoms with E-state index < -0.39 is 36.2 Å². The van der Waals surface area contributed by atoms with Crippen molar-refractivity contribution >= 4 is 18.0 Å². The molecule has 264 valence electrons. The van der Waals surface area contributed by atoms with Crippen LogP contribution in [-0.4, -0.2) is 68.8 Å². The smallest absolute Gasteiger partial charge is 0.407 e. The molecule has 4 aromatic rings. The van der Waals surface area contributed by atoms with Gasteiger partial charge in [-0.05, 0) is 61.4 Å². The largest absolute Gasteiger partial charge is 0.445 e. The van der Waals surface area contributed by atoms with Gasteiger partial charge in [0, 0.05) is 36.7 Å². The minimum absolute atomic E-state index is 0.0482. The molecule has 0 unspecified atom stereocenters. The van der Waals surface area contributed by atoms with E-state index in [4.69, 9.17) is 4.74 Å². The van der Waals surface area contributed by atoms with Crippen LogP contribution in [-0.2, 0) is 35.5 Å². The van der Waals surface area contributed by atoms with Crippen LogP contribution in [0.25, 0.3) is 0 Å². The van der Waals surface area contributed by atoms with Crippen LogP contribution >= 0.6 is 0 Å². The van der Waals surface area contributed by atoms with Gasteiger partial charge in [0.1, 0.15) is 12.6 Å². The molecule has 0 aliphatic rings. The Morgan fingerprint density at radius 3 is 2.06 bits per heavy atom. The summed E-state index contributed by atoms with van der Waals surface area (Å²) in [6.07, 6.45) is 4.15. The van der Waals surface area contributed by atoms with Gasteiger partial charge in [0.2, 0.25) is 5.91 Å². The maximum atomic E-state index is 13.9. The summed E-state index contributed by atoms with van der Waals surface area (Å²) in [5.74, 6) is -0.658. The van der Waals surface area contributed by atoms with Crippen LogP contribution in [0, 0.1) is 5.92 Å². The summed E-state index contributed by atoms with van der Waals surface area (Å²) in [5.41, 5.74) is 3.37. The lowest BCUT2D eigenvalue weighted by Gasteiger charge is -2.31. The highest BCUT2D eigenvalue weighted by Crippen LogP contribution is 2.16. The summed E-state index contributed by atoms with van der Waals surface area (Å²) in [7, 11) is 0. The first-order chi connectivity index (χ1) is 24.2. The number of amides is 4. The monoisotopic (exact) mass is 680 g/mol. The van der Waals surface area contributed by atoms with Crippen LogP contribution in [0.3, 0.4) is 0 Å². The van der Waals surface area contributed by atoms with E-state index in [2.05, 4.69) is 25.9 Å². The molecule has 4 rings (SSSR count). The summed E-state index contributed by atoms with van der Waals surface area (Å²) >= 11 is 0. The van der Waals surface area contributed by atoms with Crippen molar-refractivity contribution in [3.8, 4) is 0 Å². The van der Waals surface area contributed by atoms with Crippen molar-refractivity contribution in [2.45, 2.75) is 77.4 Å². The second-order valence-electron chi connectivity index (χ2n) is 12.6. The average molecular weight is 681 g/mol. The number of nitrogens with one attached hydrogen (secondary N) is 3. The molecule has 0 saturated heterocycles. The summed E-state index contributed by atoms with van der Waals surface area (Å²) in [4.78, 5) is 50.2. The molecule has 0 radical (unpaired) electrons. The highest BCUT2D eigenvalue weighted by atomic mass is 16.5. The van der Waals surface area contributed by atoms with Gasteiger partial charge in [-0.15, -0.1) is 0 Å². The molecule has 4 atom stereocenters. The molecule has 2 aromatic carbocycles. The molecule has 50 heavy (non-hydrogen) atoms. The number of nitrogens with zero attached hydrogens (tertiary/aromatic N) is 3. The van der Waals surface area contributed by atoms with Gasteiger partial charge in [0.15, 0.2) is 0 Å². The van der Waals surface area contributed by atoms with Crippen molar-refractivity contribution in [1.29, 1.82) is 0 Å². The quantitative estimate of drug-likeness (QED) is 0.122. The third-order valence-electron chi connectivity index (χ3n) is 8.33. The van der Waals surface area contributed by atoms with Crippen molar-refractivity contribution in [3.05, 3.63) is 132 Å². The first kappa shape index (κ1) is 37.5. The van der Waals surface area contributed by atoms with E-state index >= 15 is 0 Å². The number of hydrogen-bond acceptors (Lipinski definition) is 7. The first-order valence-corrected chi connectivity index (χ1v) is 17.1. The Kier molecular flexibility index (Phi) is 14.7. The van der Waals surface area contributed by atoms with Crippen LogP contribution in [0.5, 0.6) is 0 Å². The second kappa shape index (κ2) is 19.6. The fourth-order valence-electron chi connectivity index (χ4n) is 5.59. The maximum absolute atomic E-state index is 13.9. The normalized spacial score (nSPS) is 13.4. The van der Waals surface area contributed by atoms with E-state index in [0.29, 0.717) is 25.9 Å². The molecule has 4 N–H and O–H groups in total. The molecular formula is C39H48N6O5. The molecule has 4 amide bonds. The Morgan fingerprint density at radius 1 is 0.800 bits per heavy atom. The number of aliphatic hydroxyl groups excluding tert-OH is 1. The number of aromatic nitrogens is 2. The van der Waals surface area contributed by atoms with E-state index in [1.807, 2.05) is 106 Å². The zero-order valence-electron chi connectivity index (χ0n) is 28.9. The van der Waals surface area contributed by atoms with Gasteiger partial charge >= 0.3 is 12.1 Å². The van der Waals surface area contributed by atoms with Crippen molar-refractivity contribution in [2.24, 2.45) is 5.92 Å². The van der Waals surface area contributed by atoms with E-state index in [0.717, 1.165) is 22.4 Å². The Hall–Kier alpha value is -5.29. The molecule has 0 fully saturated rings. The predicted octanol–water partition coefficient (Wildman–Crippen LogP) is 5.05. The summed E-state index contributed by atoms with van der Waals surface area (Å²) < 4.78 is 5.47. The minimum Gasteiger partial charge on any atom is -0.445 e. The van der Waals surface area contributed by atoms with E-state index in [-0.39, 0.29) is 25.0 Å². The Morgan fingerprint density at radius 2 is 1.46 bits per heavy atom. The van der Waals surface area contributed by atoms with Crippen LogP contribution in [0.1, 0.15) is 49.6 Å². The molecule has 11 heteroatoms. The van der Waals surface area contributed by atoms with Gasteiger partial charge in [-0.2, -0.15) is 0 Å². The SMILES string of the molecule is CCN(Cc1ccccn1)C(=O)N[C@H](C(=O)N[C@@H](Cc1ccccc1)[C@@H](O)C[C@H](Cc1ccccc1)NC(=O)OCc1cccnc1)C(C)C. The van der Waals surface area contributed by atoms with E-state index in [9.17, 15) is 19.5 Å². The number of ether oxygens (including phenoxy) is 1. The van der Waals surface area contributed by atoms with Crippen LogP contribution in [0.4, 0.5) is 9.59 Å². The maximum Gasteiger partial charge on any atom is 0.407 e. The van der Waals surface area contributed by atoms with Crippen LogP contribution in [0.2, 0.25) is 0 Å². The third-order valence-corrected chi connectivity index (χ3v) is 8.33. The predicted molar refractivity (Wildman–Crippen MR) is 192 cm³/mol. The number of alkyl carbamates (subject to hydrolysis) is 1. The van der Waals surface area contributed by atoms with E-state index in [1.165, 1.54) is 0 Å². The summed E-state index contributed by atoms with van der Waals surface area (Å²) in [6, 6.07) is 25.8. The second-order valence-corrected chi connectivity index (χ2v) is 12.6. The fourth-order valence-corrected chi connectivity index (χ4v) is 5.59. The number of carbonyl (C=O) groups excluding carboxylic acids is 3. The molecule has 11 nitrogen and oxygen atoms in total. The minimum atomic E-state index is -1.06. The number of urea groups is 1. The molecule has 0 saturated carbocycles. The lowest BCUT2D eigenvalue weighted by atomic mass is 9.93. The molecule has 2 aromatic heterocycles. The zero-order valence-corrected chi connectivity index (χ0v) is 28.9. The summed E-state index contributed by atoms with van der Waals surface area (Å²) in [5, 5.41) is 20.6. The fraction of sp³-hybridized carbons (Fsp3) is 0.359. The van der Waals surface area contributed by atoms with Gasteiger partial charge in [0.25, 0.3) is 0 Å². The topological polar surface area (TPSA) is 146 Å². The zero-order chi connectivity index (χ0) is 35.7. The number of aliphatic hydroxyl groups is 1. The lowest BCUT2D eigenvalue weighted by molar-refractivity contribution is -0.125. The number of benzene rings is 2. The van der Waals surface area contributed by atoms with Crippen molar-refractivity contribution in [2.75, 3.05) is 6.54 Å². The Balaban J connectivity index is 1.49. The van der Waals surface area contributed by atoms with Gasteiger partial charge in [-0.1, -0.05) is 86.6 Å². The molecule has 0 aliphatic heterocycles. The third kappa shape index (κ3) is 12.3. The van der Waals surface area contributed by atoms with Crippen molar-refractivity contribution in [3.63, 3.8) is 0 Å². The Bertz CT molecular complexity index is 1590. The standard InChI is InChI=1S/C39H48N6O5/c1-4-45(26-32-19-11-12-21-41-32)38(48)44-36(28(2)3)37(47)43-34(23-30-16-9-6-10-17-30)35(46)24-33(22-29-14-7-5-8-15-29)42-39(49)50-27-31-18-13-20-40-25-31/h5-21,25,28,33-36,46H,4,22-24,26-27H2,1-3H3,(H,42,49)(H,43,47)(H,44,48)/t33-,34-,35-,36-/m0/s1. The van der Waals surface area contributed by atoms with Crippen molar-refractivity contribution in [1.82, 2.24) is 30.8 Å². The average Bonchev–Trinajstić information content (AvgIpc) is 3.13. The van der Waals surface area contributed by atoms with Gasteiger partial charge in [-0.3, -0.25) is 14.8 Å². The molecular weight excluding hydrogens is 632 g/mol. The van der Waals surface area contributed by atoms with Crippen LogP contribution < -0.4 is 16.0 Å². The van der Waals surface area contributed by atoms with Crippen molar-refractivity contribution < 1.29 is 24.2 Å². The lowest BCUT2D eigenvalue weighted by Crippen LogP contribution is -2.57. The molecule has 0 spiro atoms. The number of carbonyl (C=O) groups is 3. The molecule has 0 bridgehead atoms. The molecule has 0 aliphatic carbocycles. The van der Waals surface area contributed by atoms with E-state index in [1.54, 1.807) is 29.6 Å². The number of hydrogen-bond donors (Lipinski definition) is 4. The van der Waals surface area contributed by atoms with Crippen LogP contribution in [0.15, 0.2) is 110 Å². The molecule has 2 heterocycles. The highest BCUT2D eigenvalue weighted by Gasteiger charge is 2.31. The first-order valence-electron chi connectivity index (χ1n) is 17.1. The highest BCUT2D eigenvalue weighted by molar-refractivity contribution is 5.87. The van der Waals surface area contributed by atoms with Gasteiger partial charge in [-0.25, -0.2) is 9.59 Å². The van der Waals surface area contributed by atoms with Gasteiger partial charge in [0.05, 0.1) is 24.4 Å². The number of pyridine rings is 2.